The number of carbonyl (C=O) groups is 1. The van der Waals surface area contributed by atoms with Crippen LogP contribution in [0, 0.1) is 0 Å². The largest absolute Gasteiger partial charge is 0.398 e. The van der Waals surface area contributed by atoms with Crippen LogP contribution in [0.5, 0.6) is 0 Å². The molecular weight excluding hydrogens is 295 g/mol. The lowest BCUT2D eigenvalue weighted by atomic mass is 10.1. The van der Waals surface area contributed by atoms with E-state index in [9.17, 15) is 4.79 Å². The van der Waals surface area contributed by atoms with Gasteiger partial charge in [0.2, 0.25) is 5.91 Å². The van der Waals surface area contributed by atoms with Crippen molar-refractivity contribution in [2.45, 2.75) is 13.0 Å². The standard InChI is InChI=1S/C15H14Cl2N2O/c16-12-6-5-10(7-13(12)17)8-15(20)19-9-11-3-1-2-4-14(11)18/h1-7H,8-9,18H2,(H,19,20). The van der Waals surface area contributed by atoms with Crippen molar-refractivity contribution < 1.29 is 4.79 Å². The minimum Gasteiger partial charge on any atom is -0.398 e. The first kappa shape index (κ1) is 14.7. The van der Waals surface area contributed by atoms with E-state index >= 15 is 0 Å². The molecule has 5 heteroatoms. The second-order valence-electron chi connectivity index (χ2n) is 4.40. The summed E-state index contributed by atoms with van der Waals surface area (Å²) in [4.78, 5) is 11.9. The molecule has 0 aliphatic carbocycles. The summed E-state index contributed by atoms with van der Waals surface area (Å²) in [7, 11) is 0. The van der Waals surface area contributed by atoms with Gasteiger partial charge < -0.3 is 11.1 Å². The molecule has 1 amide bonds. The third kappa shape index (κ3) is 3.89. The molecule has 2 aromatic carbocycles. The van der Waals surface area contributed by atoms with Crippen LogP contribution in [0.1, 0.15) is 11.1 Å². The molecule has 2 aromatic rings. The van der Waals surface area contributed by atoms with Gasteiger partial charge in [-0.15, -0.1) is 0 Å². The van der Waals surface area contributed by atoms with Gasteiger partial charge in [-0.2, -0.15) is 0 Å². The second kappa shape index (κ2) is 6.64. The summed E-state index contributed by atoms with van der Waals surface area (Å²) in [6.07, 6.45) is 0.254. The Bertz CT molecular complexity index is 629. The first-order chi connectivity index (χ1) is 9.56. The van der Waals surface area contributed by atoms with E-state index in [-0.39, 0.29) is 12.3 Å². The van der Waals surface area contributed by atoms with Gasteiger partial charge in [-0.1, -0.05) is 47.5 Å². The van der Waals surface area contributed by atoms with E-state index in [0.717, 1.165) is 11.1 Å². The topological polar surface area (TPSA) is 55.1 Å². The van der Waals surface area contributed by atoms with E-state index in [0.29, 0.717) is 22.3 Å². The van der Waals surface area contributed by atoms with Crippen molar-refractivity contribution in [2.24, 2.45) is 0 Å². The van der Waals surface area contributed by atoms with Gasteiger partial charge >= 0.3 is 0 Å². The molecular formula is C15H14Cl2N2O. The highest BCUT2D eigenvalue weighted by atomic mass is 35.5. The van der Waals surface area contributed by atoms with Gasteiger partial charge in [-0.3, -0.25) is 4.79 Å². The maximum atomic E-state index is 11.9. The highest BCUT2D eigenvalue weighted by molar-refractivity contribution is 6.42. The van der Waals surface area contributed by atoms with Crippen LogP contribution in [0.2, 0.25) is 10.0 Å². The Balaban J connectivity index is 1.93. The maximum Gasteiger partial charge on any atom is 0.224 e. The molecule has 3 N–H and O–H groups in total. The number of hydrogen-bond acceptors (Lipinski definition) is 2. The van der Waals surface area contributed by atoms with Crippen LogP contribution in [0.4, 0.5) is 5.69 Å². The normalized spacial score (nSPS) is 10.3. The van der Waals surface area contributed by atoms with Gasteiger partial charge in [0.15, 0.2) is 0 Å². The van der Waals surface area contributed by atoms with E-state index in [4.69, 9.17) is 28.9 Å². The third-order valence-electron chi connectivity index (χ3n) is 2.88. The van der Waals surface area contributed by atoms with E-state index in [1.54, 1.807) is 24.3 Å². The molecule has 0 fully saturated rings. The number of rotatable bonds is 4. The van der Waals surface area contributed by atoms with Crippen LogP contribution in [0.3, 0.4) is 0 Å². The van der Waals surface area contributed by atoms with Gasteiger partial charge in [0.25, 0.3) is 0 Å². The molecule has 0 saturated heterocycles. The zero-order chi connectivity index (χ0) is 14.5. The molecule has 3 nitrogen and oxygen atoms in total. The van der Waals surface area contributed by atoms with E-state index in [1.165, 1.54) is 0 Å². The highest BCUT2D eigenvalue weighted by Gasteiger charge is 2.06. The Kier molecular flexibility index (Phi) is 4.88. The lowest BCUT2D eigenvalue weighted by Crippen LogP contribution is -2.24. The lowest BCUT2D eigenvalue weighted by Gasteiger charge is -2.08. The second-order valence-corrected chi connectivity index (χ2v) is 5.22. The number of nitrogens with one attached hydrogen (secondary N) is 1. The Labute approximate surface area is 127 Å². The molecule has 0 heterocycles. The number of halogens is 2. The van der Waals surface area contributed by atoms with Crippen LogP contribution < -0.4 is 11.1 Å². The molecule has 104 valence electrons. The van der Waals surface area contributed by atoms with E-state index < -0.39 is 0 Å². The number of hydrogen-bond donors (Lipinski definition) is 2. The Morgan fingerprint density at radius 1 is 1.10 bits per heavy atom. The van der Waals surface area contributed by atoms with Crippen molar-refractivity contribution in [3.63, 3.8) is 0 Å². The SMILES string of the molecule is Nc1ccccc1CNC(=O)Cc1ccc(Cl)c(Cl)c1. The van der Waals surface area contributed by atoms with Crippen LogP contribution >= 0.6 is 23.2 Å². The van der Waals surface area contributed by atoms with Crippen molar-refractivity contribution in [1.82, 2.24) is 5.32 Å². The Morgan fingerprint density at radius 2 is 1.85 bits per heavy atom. The summed E-state index contributed by atoms with van der Waals surface area (Å²) in [6.45, 7) is 0.410. The Hall–Kier alpha value is -1.71. The molecule has 0 aromatic heterocycles. The molecule has 2 rings (SSSR count). The van der Waals surface area contributed by atoms with Gasteiger partial charge in [0.1, 0.15) is 0 Å². The van der Waals surface area contributed by atoms with Crippen molar-refractivity contribution in [3.8, 4) is 0 Å². The smallest absolute Gasteiger partial charge is 0.224 e. The molecule has 0 aliphatic rings. The molecule has 0 radical (unpaired) electrons. The number of benzene rings is 2. The van der Waals surface area contributed by atoms with Crippen molar-refractivity contribution in [3.05, 3.63) is 63.6 Å². The third-order valence-corrected chi connectivity index (χ3v) is 3.62. The Morgan fingerprint density at radius 3 is 2.55 bits per heavy atom. The molecule has 20 heavy (non-hydrogen) atoms. The monoisotopic (exact) mass is 308 g/mol. The van der Waals surface area contributed by atoms with Crippen LogP contribution in [-0.4, -0.2) is 5.91 Å². The molecule has 0 saturated carbocycles. The predicted octanol–water partition coefficient (Wildman–Crippen LogP) is 3.43. The molecule has 0 atom stereocenters. The lowest BCUT2D eigenvalue weighted by molar-refractivity contribution is -0.120. The zero-order valence-electron chi connectivity index (χ0n) is 10.7. The van der Waals surface area contributed by atoms with Crippen LogP contribution in [0.25, 0.3) is 0 Å². The first-order valence-corrected chi connectivity index (χ1v) is 6.86. The molecule has 0 spiro atoms. The van der Waals surface area contributed by atoms with Gasteiger partial charge in [-0.25, -0.2) is 0 Å². The maximum absolute atomic E-state index is 11.9. The molecule has 0 aliphatic heterocycles. The number of nitrogen functional groups attached to an aromatic ring is 1. The van der Waals surface area contributed by atoms with Crippen molar-refractivity contribution in [2.75, 3.05) is 5.73 Å². The zero-order valence-corrected chi connectivity index (χ0v) is 12.2. The van der Waals surface area contributed by atoms with Crippen LogP contribution in [-0.2, 0) is 17.8 Å². The molecule has 0 bridgehead atoms. The quantitative estimate of drug-likeness (QED) is 0.850. The number of para-hydroxylation sites is 1. The summed E-state index contributed by atoms with van der Waals surface area (Å²) in [5, 5.41) is 3.76. The number of anilines is 1. The number of nitrogens with two attached hydrogens (primary N) is 1. The average molecular weight is 309 g/mol. The predicted molar refractivity (Wildman–Crippen MR) is 82.9 cm³/mol. The first-order valence-electron chi connectivity index (χ1n) is 6.10. The summed E-state index contributed by atoms with van der Waals surface area (Å²) < 4.78 is 0. The average Bonchev–Trinajstić information content (AvgIpc) is 2.42. The number of amides is 1. The van der Waals surface area contributed by atoms with Crippen molar-refractivity contribution >= 4 is 34.8 Å². The number of carbonyl (C=O) groups excluding carboxylic acids is 1. The fourth-order valence-electron chi connectivity index (χ4n) is 1.79. The summed E-state index contributed by atoms with van der Waals surface area (Å²) in [6, 6.07) is 12.6. The van der Waals surface area contributed by atoms with Gasteiger partial charge in [-0.05, 0) is 29.3 Å². The fourth-order valence-corrected chi connectivity index (χ4v) is 2.11. The van der Waals surface area contributed by atoms with E-state index in [1.807, 2.05) is 18.2 Å². The van der Waals surface area contributed by atoms with E-state index in [2.05, 4.69) is 5.32 Å². The highest BCUT2D eigenvalue weighted by Crippen LogP contribution is 2.22. The van der Waals surface area contributed by atoms with Crippen molar-refractivity contribution in [1.29, 1.82) is 0 Å². The minimum absolute atomic E-state index is 0.0911. The van der Waals surface area contributed by atoms with Crippen LogP contribution in [0.15, 0.2) is 42.5 Å². The van der Waals surface area contributed by atoms with Gasteiger partial charge in [0, 0.05) is 12.2 Å². The summed E-state index contributed by atoms with van der Waals surface area (Å²) >= 11 is 11.7. The van der Waals surface area contributed by atoms with Gasteiger partial charge in [0.05, 0.1) is 16.5 Å². The summed E-state index contributed by atoms with van der Waals surface area (Å²) in [5.74, 6) is -0.0911. The fraction of sp³-hybridized carbons (Fsp3) is 0.133. The molecule has 0 unspecified atom stereocenters. The summed E-state index contributed by atoms with van der Waals surface area (Å²) in [5.41, 5.74) is 8.20. The minimum atomic E-state index is -0.0911.